The Bertz CT molecular complexity index is 924. The number of ether oxygens (including phenoxy) is 3. The summed E-state index contributed by atoms with van der Waals surface area (Å²) in [5.41, 5.74) is 1.05. The smallest absolute Gasteiger partial charge is 0.312 e. The van der Waals surface area contributed by atoms with Crippen LogP contribution in [0.15, 0.2) is 48.5 Å². The lowest BCUT2D eigenvalue weighted by Crippen LogP contribution is -2.30. The molecular weight excluding hydrogens is 386 g/mol. The van der Waals surface area contributed by atoms with Gasteiger partial charge in [-0.1, -0.05) is 12.1 Å². The summed E-state index contributed by atoms with van der Waals surface area (Å²) >= 11 is 0. The molecule has 0 aromatic heterocycles. The van der Waals surface area contributed by atoms with Crippen molar-refractivity contribution < 1.29 is 28.6 Å². The van der Waals surface area contributed by atoms with Gasteiger partial charge in [-0.25, -0.2) is 0 Å². The molecule has 2 aromatic rings. The zero-order valence-corrected chi connectivity index (χ0v) is 17.3. The lowest BCUT2D eigenvalue weighted by molar-refractivity contribution is -0.151. The molecule has 1 heterocycles. The van der Waals surface area contributed by atoms with Gasteiger partial charge in [0.15, 0.2) is 6.10 Å². The van der Waals surface area contributed by atoms with Crippen molar-refractivity contribution in [1.82, 2.24) is 0 Å². The number of carbonyl (C=O) groups excluding carboxylic acids is 3. The fraction of sp³-hybridized carbons (Fsp3) is 0.348. The first-order chi connectivity index (χ1) is 14.4. The van der Waals surface area contributed by atoms with Crippen molar-refractivity contribution in [2.45, 2.75) is 26.4 Å². The summed E-state index contributed by atoms with van der Waals surface area (Å²) in [6, 6.07) is 13.8. The number of esters is 1. The average molecular weight is 411 g/mol. The molecule has 0 unspecified atom stereocenters. The number of Topliss-reactive ketones (excluding diaryl/α,β-unsaturated/α-hetero) is 1. The molecule has 7 heteroatoms. The van der Waals surface area contributed by atoms with Crippen LogP contribution in [0.5, 0.6) is 11.5 Å². The van der Waals surface area contributed by atoms with Gasteiger partial charge in [0, 0.05) is 18.5 Å². The van der Waals surface area contributed by atoms with Crippen LogP contribution < -0.4 is 14.4 Å². The SMILES string of the molecule is CCOc1ccccc1N1C[C@@H](C(=O)O[C@@H](C)C(=O)c2ccc(OC)cc2)CC1=O. The van der Waals surface area contributed by atoms with Crippen LogP contribution in [0.2, 0.25) is 0 Å². The summed E-state index contributed by atoms with van der Waals surface area (Å²) in [7, 11) is 1.54. The van der Waals surface area contributed by atoms with Gasteiger partial charge in [0.2, 0.25) is 11.7 Å². The Balaban J connectivity index is 1.65. The second kappa shape index (κ2) is 9.43. The van der Waals surface area contributed by atoms with Gasteiger partial charge in [0.05, 0.1) is 25.3 Å². The molecule has 3 rings (SSSR count). The number of hydrogen-bond donors (Lipinski definition) is 0. The van der Waals surface area contributed by atoms with Crippen LogP contribution in [0.25, 0.3) is 0 Å². The van der Waals surface area contributed by atoms with E-state index in [1.807, 2.05) is 19.1 Å². The van der Waals surface area contributed by atoms with Gasteiger partial charge in [-0.15, -0.1) is 0 Å². The van der Waals surface area contributed by atoms with Gasteiger partial charge < -0.3 is 19.1 Å². The number of rotatable bonds is 8. The Morgan fingerprint density at radius 1 is 1.13 bits per heavy atom. The molecule has 1 aliphatic heterocycles. The van der Waals surface area contributed by atoms with Crippen molar-refractivity contribution in [2.75, 3.05) is 25.2 Å². The number of benzene rings is 2. The molecule has 2 aromatic carbocycles. The van der Waals surface area contributed by atoms with Crippen LogP contribution in [-0.2, 0) is 14.3 Å². The van der Waals surface area contributed by atoms with Gasteiger partial charge in [0.25, 0.3) is 0 Å². The van der Waals surface area contributed by atoms with E-state index in [0.29, 0.717) is 29.4 Å². The predicted octanol–water partition coefficient (Wildman–Crippen LogP) is 3.26. The molecule has 0 radical (unpaired) electrons. The highest BCUT2D eigenvalue weighted by Gasteiger charge is 2.38. The molecular formula is C23H25NO6. The van der Waals surface area contributed by atoms with Crippen LogP contribution in [0.3, 0.4) is 0 Å². The van der Waals surface area contributed by atoms with Crippen LogP contribution in [0.4, 0.5) is 5.69 Å². The lowest BCUT2D eigenvalue weighted by atomic mass is 10.1. The number of nitrogens with zero attached hydrogens (tertiary/aromatic N) is 1. The molecule has 1 aliphatic rings. The molecule has 7 nitrogen and oxygen atoms in total. The highest BCUT2D eigenvalue weighted by atomic mass is 16.5. The molecule has 0 spiro atoms. The van der Waals surface area contributed by atoms with Crippen LogP contribution >= 0.6 is 0 Å². The molecule has 2 atom stereocenters. The zero-order chi connectivity index (χ0) is 21.7. The number of carbonyl (C=O) groups is 3. The highest BCUT2D eigenvalue weighted by Crippen LogP contribution is 2.33. The van der Waals surface area contributed by atoms with Crippen molar-refractivity contribution in [1.29, 1.82) is 0 Å². The second-order valence-electron chi connectivity index (χ2n) is 6.98. The largest absolute Gasteiger partial charge is 0.497 e. The first kappa shape index (κ1) is 21.4. The van der Waals surface area contributed by atoms with Gasteiger partial charge >= 0.3 is 5.97 Å². The molecule has 1 saturated heterocycles. The van der Waals surface area contributed by atoms with E-state index in [0.717, 1.165) is 0 Å². The third kappa shape index (κ3) is 4.62. The number of amides is 1. The summed E-state index contributed by atoms with van der Waals surface area (Å²) in [6.07, 6.45) is -0.923. The van der Waals surface area contributed by atoms with E-state index in [-0.39, 0.29) is 24.7 Å². The minimum Gasteiger partial charge on any atom is -0.497 e. The molecule has 0 saturated carbocycles. The van der Waals surface area contributed by atoms with E-state index in [1.165, 1.54) is 11.8 Å². The van der Waals surface area contributed by atoms with Crippen molar-refractivity contribution in [3.8, 4) is 11.5 Å². The third-order valence-electron chi connectivity index (χ3n) is 4.95. The number of hydrogen-bond acceptors (Lipinski definition) is 6. The molecule has 30 heavy (non-hydrogen) atoms. The van der Waals surface area contributed by atoms with Gasteiger partial charge in [-0.05, 0) is 50.2 Å². The minimum absolute atomic E-state index is 0.0305. The fourth-order valence-electron chi connectivity index (χ4n) is 3.37. The first-order valence-electron chi connectivity index (χ1n) is 9.85. The van der Waals surface area contributed by atoms with E-state index in [9.17, 15) is 14.4 Å². The maximum absolute atomic E-state index is 12.6. The van der Waals surface area contributed by atoms with Crippen molar-refractivity contribution in [3.63, 3.8) is 0 Å². The lowest BCUT2D eigenvalue weighted by Gasteiger charge is -2.20. The summed E-state index contributed by atoms with van der Waals surface area (Å²) in [5.74, 6) is -0.474. The quantitative estimate of drug-likeness (QED) is 0.490. The number of methoxy groups -OCH3 is 1. The summed E-state index contributed by atoms with van der Waals surface area (Å²) < 4.78 is 16.1. The summed E-state index contributed by atoms with van der Waals surface area (Å²) in [4.78, 5) is 39.2. The number of anilines is 1. The van der Waals surface area contributed by atoms with E-state index in [2.05, 4.69) is 0 Å². The Hall–Kier alpha value is -3.35. The molecule has 1 amide bonds. The third-order valence-corrected chi connectivity index (χ3v) is 4.95. The Morgan fingerprint density at radius 3 is 2.50 bits per heavy atom. The van der Waals surface area contributed by atoms with E-state index < -0.39 is 18.0 Å². The van der Waals surface area contributed by atoms with Gasteiger partial charge in [0.1, 0.15) is 11.5 Å². The Morgan fingerprint density at radius 2 is 1.83 bits per heavy atom. The van der Waals surface area contributed by atoms with Crippen LogP contribution in [0, 0.1) is 5.92 Å². The maximum atomic E-state index is 12.6. The van der Waals surface area contributed by atoms with Crippen LogP contribution in [-0.4, -0.2) is 44.0 Å². The first-order valence-corrected chi connectivity index (χ1v) is 9.85. The van der Waals surface area contributed by atoms with Crippen molar-refractivity contribution in [3.05, 3.63) is 54.1 Å². The summed E-state index contributed by atoms with van der Waals surface area (Å²) in [5, 5.41) is 0. The predicted molar refractivity (Wildman–Crippen MR) is 111 cm³/mol. The maximum Gasteiger partial charge on any atom is 0.312 e. The standard InChI is InChI=1S/C23H25NO6/c1-4-29-20-8-6-5-7-19(20)24-14-17(13-21(24)25)23(27)30-15(2)22(26)16-9-11-18(28-3)12-10-16/h5-12,15,17H,4,13-14H2,1-3H3/t15-,17-/m0/s1. The van der Waals surface area contributed by atoms with Gasteiger partial charge in [-0.2, -0.15) is 0 Å². The highest BCUT2D eigenvalue weighted by molar-refractivity contribution is 6.02. The van der Waals surface area contributed by atoms with E-state index in [4.69, 9.17) is 14.2 Å². The molecule has 0 bridgehead atoms. The van der Waals surface area contributed by atoms with Gasteiger partial charge in [-0.3, -0.25) is 14.4 Å². The molecule has 0 N–H and O–H groups in total. The average Bonchev–Trinajstić information content (AvgIpc) is 3.15. The Kier molecular flexibility index (Phi) is 6.72. The monoisotopic (exact) mass is 411 g/mol. The van der Waals surface area contributed by atoms with Crippen molar-refractivity contribution >= 4 is 23.3 Å². The summed E-state index contributed by atoms with van der Waals surface area (Å²) in [6.45, 7) is 4.05. The number of para-hydroxylation sites is 2. The fourth-order valence-corrected chi connectivity index (χ4v) is 3.37. The molecule has 158 valence electrons. The van der Waals surface area contributed by atoms with E-state index in [1.54, 1.807) is 43.5 Å². The normalized spacial score (nSPS) is 16.8. The van der Waals surface area contributed by atoms with Crippen molar-refractivity contribution in [2.24, 2.45) is 5.92 Å². The number of ketones is 1. The second-order valence-corrected chi connectivity index (χ2v) is 6.98. The topological polar surface area (TPSA) is 82.1 Å². The Labute approximate surface area is 175 Å². The minimum atomic E-state index is -0.953. The van der Waals surface area contributed by atoms with Crippen LogP contribution in [0.1, 0.15) is 30.6 Å². The van der Waals surface area contributed by atoms with E-state index >= 15 is 0 Å². The zero-order valence-electron chi connectivity index (χ0n) is 17.3. The molecule has 0 aliphatic carbocycles. The molecule has 1 fully saturated rings.